The van der Waals surface area contributed by atoms with Gasteiger partial charge < -0.3 is 15.8 Å². The van der Waals surface area contributed by atoms with Gasteiger partial charge in [-0.3, -0.25) is 9.78 Å². The van der Waals surface area contributed by atoms with Gasteiger partial charge in [0.05, 0.1) is 6.20 Å². The molecule has 1 heterocycles. The van der Waals surface area contributed by atoms with Crippen LogP contribution in [0.25, 0.3) is 0 Å². The van der Waals surface area contributed by atoms with E-state index in [4.69, 9.17) is 10.5 Å². The molecule has 0 spiro atoms. The quantitative estimate of drug-likeness (QED) is 0.769. The highest BCUT2D eigenvalue weighted by Crippen LogP contribution is 2.11. The highest BCUT2D eigenvalue weighted by molar-refractivity contribution is 5.78. The predicted octanol–water partition coefficient (Wildman–Crippen LogP) is 2.04. The second-order valence-electron chi connectivity index (χ2n) is 5.93. The van der Waals surface area contributed by atoms with Crippen LogP contribution >= 0.6 is 0 Å². The van der Waals surface area contributed by atoms with Gasteiger partial charge in [-0.15, -0.1) is 0 Å². The number of pyridine rings is 1. The van der Waals surface area contributed by atoms with Gasteiger partial charge in [0.1, 0.15) is 5.75 Å². The molecule has 5 nitrogen and oxygen atoms in total. The molecule has 1 amide bonds. The first-order chi connectivity index (χ1) is 9.86. The van der Waals surface area contributed by atoms with Crippen LogP contribution in [0.15, 0.2) is 18.3 Å². The normalized spacial score (nSPS) is 12.8. The summed E-state index contributed by atoms with van der Waals surface area (Å²) < 4.78 is 5.44. The third kappa shape index (κ3) is 6.58. The molecular formula is C16H27N3O2. The highest BCUT2D eigenvalue weighted by Gasteiger charge is 2.17. The van der Waals surface area contributed by atoms with E-state index < -0.39 is 0 Å². The van der Waals surface area contributed by atoms with E-state index in [9.17, 15) is 4.79 Å². The van der Waals surface area contributed by atoms with Gasteiger partial charge in [0.2, 0.25) is 0 Å². The molecule has 1 unspecified atom stereocenters. The first kappa shape index (κ1) is 17.4. The molecule has 1 aromatic rings. The Bertz CT molecular complexity index is 443. The third-order valence-corrected chi connectivity index (χ3v) is 3.52. The Hall–Kier alpha value is -1.62. The van der Waals surface area contributed by atoms with Gasteiger partial charge in [0.15, 0.2) is 6.61 Å². The van der Waals surface area contributed by atoms with Crippen LogP contribution < -0.4 is 15.8 Å². The maximum atomic E-state index is 11.8. The van der Waals surface area contributed by atoms with Crippen LogP contribution in [0.1, 0.15) is 46.2 Å². The average molecular weight is 293 g/mol. The van der Waals surface area contributed by atoms with E-state index in [1.807, 2.05) is 32.9 Å². The van der Waals surface area contributed by atoms with Crippen LogP contribution in [-0.2, 0) is 11.2 Å². The molecule has 1 atom stereocenters. The van der Waals surface area contributed by atoms with Crippen LogP contribution in [0, 0.1) is 0 Å². The summed E-state index contributed by atoms with van der Waals surface area (Å²) in [5, 5.41) is 2.92. The van der Waals surface area contributed by atoms with Crippen molar-refractivity contribution in [1.82, 2.24) is 10.3 Å². The first-order valence-electron chi connectivity index (χ1n) is 7.50. The van der Waals surface area contributed by atoms with Gasteiger partial charge in [-0.2, -0.15) is 0 Å². The maximum absolute atomic E-state index is 11.8. The molecule has 0 fully saturated rings. The summed E-state index contributed by atoms with van der Waals surface area (Å²) in [6.07, 6.45) is 4.18. The number of nitrogens with one attached hydrogen (secondary N) is 1. The average Bonchev–Trinajstić information content (AvgIpc) is 2.46. The molecule has 0 saturated heterocycles. The van der Waals surface area contributed by atoms with E-state index in [1.165, 1.54) is 0 Å². The van der Waals surface area contributed by atoms with Crippen LogP contribution in [0.5, 0.6) is 5.75 Å². The maximum Gasteiger partial charge on any atom is 0.258 e. The van der Waals surface area contributed by atoms with Crippen molar-refractivity contribution in [2.24, 2.45) is 5.73 Å². The van der Waals surface area contributed by atoms with E-state index in [1.54, 1.807) is 6.20 Å². The Balaban J connectivity index is 2.44. The number of nitrogens with two attached hydrogens (primary N) is 1. The van der Waals surface area contributed by atoms with Gasteiger partial charge in [-0.05, 0) is 38.8 Å². The van der Waals surface area contributed by atoms with Crippen molar-refractivity contribution in [3.63, 3.8) is 0 Å². The van der Waals surface area contributed by atoms with E-state index in [0.29, 0.717) is 5.75 Å². The minimum atomic E-state index is -0.209. The Morgan fingerprint density at radius 3 is 2.67 bits per heavy atom. The fourth-order valence-corrected chi connectivity index (χ4v) is 1.68. The van der Waals surface area contributed by atoms with E-state index in [0.717, 1.165) is 25.0 Å². The lowest BCUT2D eigenvalue weighted by Crippen LogP contribution is -2.44. The lowest BCUT2D eigenvalue weighted by molar-refractivity contribution is -0.124. The van der Waals surface area contributed by atoms with Crippen molar-refractivity contribution in [2.45, 2.75) is 58.5 Å². The van der Waals surface area contributed by atoms with Crippen LogP contribution in [0.3, 0.4) is 0 Å². The summed E-state index contributed by atoms with van der Waals surface area (Å²) in [6.45, 7) is 8.05. The molecule has 5 heteroatoms. The van der Waals surface area contributed by atoms with Crippen LogP contribution in [0.4, 0.5) is 0 Å². The zero-order valence-electron chi connectivity index (χ0n) is 13.5. The fraction of sp³-hybridized carbons (Fsp3) is 0.625. The number of carbonyl (C=O) groups is 1. The van der Waals surface area contributed by atoms with Gasteiger partial charge >= 0.3 is 0 Å². The number of nitrogens with zero attached hydrogens (tertiary/aromatic N) is 1. The highest BCUT2D eigenvalue weighted by atomic mass is 16.5. The summed E-state index contributed by atoms with van der Waals surface area (Å²) in [5.41, 5.74) is 6.62. The Morgan fingerprint density at radius 2 is 2.14 bits per heavy atom. The van der Waals surface area contributed by atoms with Gasteiger partial charge in [0, 0.05) is 23.7 Å². The summed E-state index contributed by atoms with van der Waals surface area (Å²) in [7, 11) is 0. The number of carbonyl (C=O) groups excluding carboxylic acids is 1. The third-order valence-electron chi connectivity index (χ3n) is 3.52. The smallest absolute Gasteiger partial charge is 0.258 e. The number of ether oxygens (including phenoxy) is 1. The van der Waals surface area contributed by atoms with Crippen molar-refractivity contribution < 1.29 is 9.53 Å². The van der Waals surface area contributed by atoms with E-state index >= 15 is 0 Å². The Morgan fingerprint density at radius 1 is 1.43 bits per heavy atom. The van der Waals surface area contributed by atoms with Crippen molar-refractivity contribution in [2.75, 3.05) is 6.61 Å². The van der Waals surface area contributed by atoms with Crippen molar-refractivity contribution in [3.8, 4) is 5.75 Å². The van der Waals surface area contributed by atoms with Crippen molar-refractivity contribution >= 4 is 5.91 Å². The molecule has 0 aliphatic rings. The topological polar surface area (TPSA) is 77.2 Å². The minimum absolute atomic E-state index is 0.00106. The SMILES string of the molecule is CCC(N)Cc1ccc(OCC(=O)NC(C)(C)CC)cn1. The zero-order valence-corrected chi connectivity index (χ0v) is 13.5. The van der Waals surface area contributed by atoms with Crippen molar-refractivity contribution in [3.05, 3.63) is 24.0 Å². The van der Waals surface area contributed by atoms with Crippen LogP contribution in [-0.4, -0.2) is 29.1 Å². The van der Waals surface area contributed by atoms with Gasteiger partial charge in [-0.1, -0.05) is 13.8 Å². The second kappa shape index (κ2) is 7.98. The number of amides is 1. The summed E-state index contributed by atoms with van der Waals surface area (Å²) >= 11 is 0. The number of aromatic nitrogens is 1. The largest absolute Gasteiger partial charge is 0.482 e. The lowest BCUT2D eigenvalue weighted by Gasteiger charge is -2.24. The lowest BCUT2D eigenvalue weighted by atomic mass is 10.0. The van der Waals surface area contributed by atoms with Gasteiger partial charge in [-0.25, -0.2) is 0 Å². The molecule has 0 bridgehead atoms. The molecule has 21 heavy (non-hydrogen) atoms. The van der Waals surface area contributed by atoms with Gasteiger partial charge in [0.25, 0.3) is 5.91 Å². The number of hydrogen-bond donors (Lipinski definition) is 2. The van der Waals surface area contributed by atoms with Crippen molar-refractivity contribution in [1.29, 1.82) is 0 Å². The molecule has 0 saturated carbocycles. The predicted molar refractivity (Wildman–Crippen MR) is 84.2 cm³/mol. The number of hydrogen-bond acceptors (Lipinski definition) is 4. The number of rotatable bonds is 8. The van der Waals surface area contributed by atoms with E-state index in [2.05, 4.69) is 17.2 Å². The molecule has 3 N–H and O–H groups in total. The molecule has 1 rings (SSSR count). The minimum Gasteiger partial charge on any atom is -0.482 e. The summed E-state index contributed by atoms with van der Waals surface area (Å²) in [5.74, 6) is 0.465. The Kier molecular flexibility index (Phi) is 6.62. The van der Waals surface area contributed by atoms with Crippen LogP contribution in [0.2, 0.25) is 0 Å². The molecule has 118 valence electrons. The molecule has 0 aliphatic carbocycles. The molecular weight excluding hydrogens is 266 g/mol. The summed E-state index contributed by atoms with van der Waals surface area (Å²) in [6, 6.07) is 3.84. The second-order valence-corrected chi connectivity index (χ2v) is 5.93. The fourth-order valence-electron chi connectivity index (χ4n) is 1.68. The zero-order chi connectivity index (χ0) is 15.9. The Labute approximate surface area is 127 Å². The molecule has 0 aliphatic heterocycles. The molecule has 0 aromatic carbocycles. The standard InChI is InChI=1S/C16H27N3O2/c1-5-12(17)9-13-7-8-14(10-18-13)21-11-15(20)19-16(3,4)6-2/h7-8,10,12H,5-6,9,11,17H2,1-4H3,(H,19,20). The first-order valence-corrected chi connectivity index (χ1v) is 7.50. The monoisotopic (exact) mass is 293 g/mol. The van der Waals surface area contributed by atoms with E-state index in [-0.39, 0.29) is 24.1 Å². The molecule has 1 aromatic heterocycles. The summed E-state index contributed by atoms with van der Waals surface area (Å²) in [4.78, 5) is 16.1. The molecule has 0 radical (unpaired) electrons.